The maximum atomic E-state index is 13.2. The van der Waals surface area contributed by atoms with E-state index in [2.05, 4.69) is 15.3 Å². The number of nitrogens with zero attached hydrogens (tertiary/aromatic N) is 4. The Kier molecular flexibility index (Phi) is 9.84. The maximum Gasteiger partial charge on any atom is 0.409 e. The van der Waals surface area contributed by atoms with E-state index in [-0.39, 0.29) is 22.8 Å². The molecule has 0 unspecified atom stereocenters. The molecule has 1 saturated heterocycles. The van der Waals surface area contributed by atoms with Gasteiger partial charge in [-0.2, -0.15) is 0 Å². The number of benzene rings is 1. The van der Waals surface area contributed by atoms with E-state index < -0.39 is 11.9 Å². The number of carbonyl (C=O) groups excluding carboxylic acids is 3. The zero-order chi connectivity index (χ0) is 25.2. The number of hydrogen-bond donors (Lipinski definition) is 1. The molecule has 2 heterocycles. The van der Waals surface area contributed by atoms with E-state index in [0.29, 0.717) is 51.5 Å². The topological polar surface area (TPSA) is 105 Å². The summed E-state index contributed by atoms with van der Waals surface area (Å²) in [6.07, 6.45) is 2.62. The first-order valence-electron chi connectivity index (χ1n) is 12.0. The van der Waals surface area contributed by atoms with Crippen molar-refractivity contribution in [2.75, 3.05) is 32.8 Å². The molecule has 3 rings (SSSR count). The van der Waals surface area contributed by atoms with Gasteiger partial charge in [-0.3, -0.25) is 9.59 Å². The molecule has 1 aliphatic rings. The highest BCUT2D eigenvalue weighted by Crippen LogP contribution is 2.18. The first-order valence-corrected chi connectivity index (χ1v) is 12.4. The van der Waals surface area contributed by atoms with Crippen molar-refractivity contribution >= 4 is 29.5 Å². The number of hydrogen-bond acceptors (Lipinski definition) is 6. The van der Waals surface area contributed by atoms with Crippen molar-refractivity contribution < 1.29 is 19.1 Å². The summed E-state index contributed by atoms with van der Waals surface area (Å²) in [6, 6.07) is 9.91. The van der Waals surface area contributed by atoms with Gasteiger partial charge in [-0.05, 0) is 12.8 Å². The average Bonchev–Trinajstić information content (AvgIpc) is 2.88. The summed E-state index contributed by atoms with van der Waals surface area (Å²) in [5.74, 6) is -0.331. The standard InChI is InChI=1S/C25H32ClN5O4/c1-3-5-16-35-25(34)31-14-12-30(13-15-31)24(33)19(9-4-2)28-23(32)20-17-21(26)29-22(27-20)18-10-7-6-8-11-18/h6-8,10-11,17,19H,3-5,9,12-16H2,1-2H3,(H,28,32)/t19-/m0/s1. The molecule has 35 heavy (non-hydrogen) atoms. The van der Waals surface area contributed by atoms with Crippen molar-refractivity contribution in [3.8, 4) is 11.4 Å². The second kappa shape index (κ2) is 13.0. The van der Waals surface area contributed by atoms with Crippen LogP contribution in [0.15, 0.2) is 36.4 Å². The van der Waals surface area contributed by atoms with Crippen molar-refractivity contribution in [1.29, 1.82) is 0 Å². The fraction of sp³-hybridized carbons (Fsp3) is 0.480. The van der Waals surface area contributed by atoms with Gasteiger partial charge in [0, 0.05) is 37.8 Å². The lowest BCUT2D eigenvalue weighted by Gasteiger charge is -2.36. The molecule has 1 aromatic carbocycles. The Morgan fingerprint density at radius 2 is 1.71 bits per heavy atom. The third-order valence-electron chi connectivity index (χ3n) is 5.71. The zero-order valence-corrected chi connectivity index (χ0v) is 21.0. The molecular weight excluding hydrogens is 470 g/mol. The predicted octanol–water partition coefficient (Wildman–Crippen LogP) is 3.78. The molecular formula is C25H32ClN5O4. The number of unbranched alkanes of at least 4 members (excludes halogenated alkanes) is 1. The lowest BCUT2D eigenvalue weighted by molar-refractivity contribution is -0.135. The van der Waals surface area contributed by atoms with Gasteiger partial charge in [-0.1, -0.05) is 68.6 Å². The van der Waals surface area contributed by atoms with Gasteiger partial charge in [0.25, 0.3) is 5.91 Å². The number of piperazine rings is 1. The minimum Gasteiger partial charge on any atom is -0.449 e. The number of aromatic nitrogens is 2. The van der Waals surface area contributed by atoms with Crippen molar-refractivity contribution in [2.24, 2.45) is 0 Å². The number of nitrogens with one attached hydrogen (secondary N) is 1. The van der Waals surface area contributed by atoms with E-state index >= 15 is 0 Å². The van der Waals surface area contributed by atoms with Crippen LogP contribution in [0.25, 0.3) is 11.4 Å². The van der Waals surface area contributed by atoms with Crippen LogP contribution >= 0.6 is 11.6 Å². The number of halogens is 1. The Balaban J connectivity index is 1.63. The van der Waals surface area contributed by atoms with E-state index in [1.54, 1.807) is 9.80 Å². The molecule has 9 nitrogen and oxygen atoms in total. The highest BCUT2D eigenvalue weighted by Gasteiger charge is 2.30. The molecule has 1 aromatic heterocycles. The van der Waals surface area contributed by atoms with Crippen LogP contribution in [0.4, 0.5) is 4.79 Å². The van der Waals surface area contributed by atoms with E-state index in [9.17, 15) is 14.4 Å². The summed E-state index contributed by atoms with van der Waals surface area (Å²) < 4.78 is 5.26. The Labute approximate surface area is 210 Å². The number of amides is 3. The van der Waals surface area contributed by atoms with E-state index in [4.69, 9.17) is 16.3 Å². The van der Waals surface area contributed by atoms with Crippen molar-refractivity contribution in [1.82, 2.24) is 25.1 Å². The third kappa shape index (κ3) is 7.39. The van der Waals surface area contributed by atoms with Crippen molar-refractivity contribution in [2.45, 2.75) is 45.6 Å². The number of rotatable bonds is 9. The van der Waals surface area contributed by atoms with Gasteiger partial charge in [-0.15, -0.1) is 0 Å². The van der Waals surface area contributed by atoms with Gasteiger partial charge in [-0.25, -0.2) is 14.8 Å². The lowest BCUT2D eigenvalue weighted by atomic mass is 10.1. The van der Waals surface area contributed by atoms with Crippen LogP contribution in [-0.4, -0.2) is 76.5 Å². The van der Waals surface area contributed by atoms with Gasteiger partial charge >= 0.3 is 6.09 Å². The molecule has 0 bridgehead atoms. The Bertz CT molecular complexity index is 1010. The molecule has 0 aliphatic carbocycles. The quantitative estimate of drug-likeness (QED) is 0.414. The summed E-state index contributed by atoms with van der Waals surface area (Å²) in [5, 5.41) is 2.96. The SMILES string of the molecule is CCCCOC(=O)N1CCN(C(=O)[C@H](CCC)NC(=O)c2cc(Cl)nc(-c3ccccc3)n2)CC1. The fourth-order valence-electron chi connectivity index (χ4n) is 3.75. The summed E-state index contributed by atoms with van der Waals surface area (Å²) in [6.45, 7) is 5.94. The van der Waals surface area contributed by atoms with Crippen LogP contribution in [0.2, 0.25) is 5.15 Å². The molecule has 10 heteroatoms. The van der Waals surface area contributed by atoms with E-state index in [1.807, 2.05) is 44.2 Å². The predicted molar refractivity (Wildman–Crippen MR) is 133 cm³/mol. The van der Waals surface area contributed by atoms with Gasteiger partial charge in [0.1, 0.15) is 16.9 Å². The van der Waals surface area contributed by atoms with Crippen LogP contribution in [0.3, 0.4) is 0 Å². The van der Waals surface area contributed by atoms with Crippen LogP contribution in [-0.2, 0) is 9.53 Å². The van der Waals surface area contributed by atoms with Crippen LogP contribution in [0.5, 0.6) is 0 Å². The largest absolute Gasteiger partial charge is 0.449 e. The maximum absolute atomic E-state index is 13.2. The molecule has 1 fully saturated rings. The fourth-order valence-corrected chi connectivity index (χ4v) is 3.94. The van der Waals surface area contributed by atoms with Gasteiger partial charge in [0.15, 0.2) is 5.82 Å². The van der Waals surface area contributed by atoms with Gasteiger partial charge in [0.05, 0.1) is 6.61 Å². The molecule has 1 N–H and O–H groups in total. The summed E-state index contributed by atoms with van der Waals surface area (Å²) in [7, 11) is 0. The zero-order valence-electron chi connectivity index (χ0n) is 20.2. The molecule has 3 amide bonds. The molecule has 0 radical (unpaired) electrons. The Morgan fingerprint density at radius 3 is 2.37 bits per heavy atom. The van der Waals surface area contributed by atoms with Crippen molar-refractivity contribution in [3.63, 3.8) is 0 Å². The van der Waals surface area contributed by atoms with Gasteiger partial charge in [0.2, 0.25) is 5.91 Å². The Hall–Kier alpha value is -3.20. The first kappa shape index (κ1) is 26.4. The molecule has 188 valence electrons. The molecule has 0 saturated carbocycles. The average molecular weight is 502 g/mol. The molecule has 0 spiro atoms. The van der Waals surface area contributed by atoms with E-state index in [0.717, 1.165) is 18.4 Å². The minimum atomic E-state index is -0.704. The highest BCUT2D eigenvalue weighted by molar-refractivity contribution is 6.29. The highest BCUT2D eigenvalue weighted by atomic mass is 35.5. The Morgan fingerprint density at radius 1 is 1.03 bits per heavy atom. The third-order valence-corrected chi connectivity index (χ3v) is 5.91. The normalized spacial score (nSPS) is 14.4. The molecule has 1 aliphatic heterocycles. The smallest absolute Gasteiger partial charge is 0.409 e. The van der Waals surface area contributed by atoms with Crippen molar-refractivity contribution in [3.05, 3.63) is 47.2 Å². The summed E-state index contributed by atoms with van der Waals surface area (Å²) in [4.78, 5) is 50.3. The van der Waals surface area contributed by atoms with Crippen LogP contribution in [0, 0.1) is 0 Å². The second-order valence-corrected chi connectivity index (χ2v) is 8.75. The number of carbonyl (C=O) groups is 3. The summed E-state index contributed by atoms with van der Waals surface area (Å²) >= 11 is 6.16. The lowest BCUT2D eigenvalue weighted by Crippen LogP contribution is -2.56. The van der Waals surface area contributed by atoms with Gasteiger partial charge < -0.3 is 19.9 Å². The monoisotopic (exact) mass is 501 g/mol. The minimum absolute atomic E-state index is 0.0948. The second-order valence-electron chi connectivity index (χ2n) is 8.36. The molecule has 2 aromatic rings. The van der Waals surface area contributed by atoms with Crippen LogP contribution < -0.4 is 5.32 Å². The van der Waals surface area contributed by atoms with E-state index in [1.165, 1.54) is 6.07 Å². The van der Waals surface area contributed by atoms with Crippen LogP contribution in [0.1, 0.15) is 50.0 Å². The first-order chi connectivity index (χ1) is 16.9. The number of ether oxygens (including phenoxy) is 1. The molecule has 1 atom stereocenters. The summed E-state index contributed by atoms with van der Waals surface area (Å²) in [5.41, 5.74) is 0.828.